The molecule has 1 fully saturated rings. The first kappa shape index (κ1) is 14.7. The van der Waals surface area contributed by atoms with E-state index in [-0.39, 0.29) is 17.3 Å². The summed E-state index contributed by atoms with van der Waals surface area (Å²) in [6, 6.07) is 1.70. The molecule has 1 atom stereocenters. The maximum absolute atomic E-state index is 12.5. The zero-order valence-electron chi connectivity index (χ0n) is 12.6. The van der Waals surface area contributed by atoms with Crippen LogP contribution in [0.15, 0.2) is 6.07 Å². The first-order valence-electron chi connectivity index (χ1n) is 6.93. The van der Waals surface area contributed by atoms with Crippen molar-refractivity contribution in [3.05, 3.63) is 17.5 Å². The van der Waals surface area contributed by atoms with Crippen LogP contribution in [-0.2, 0) is 0 Å². The third kappa shape index (κ3) is 3.07. The molecule has 1 aromatic rings. The highest BCUT2D eigenvalue weighted by molar-refractivity contribution is 5.92. The fourth-order valence-corrected chi connectivity index (χ4v) is 2.56. The monoisotopic (exact) mass is 277 g/mol. The highest BCUT2D eigenvalue weighted by atomic mass is 16.2. The molecule has 0 bridgehead atoms. The summed E-state index contributed by atoms with van der Waals surface area (Å²) in [5.41, 5.74) is 3.74. The largest absolute Gasteiger partial charge is 0.337 e. The lowest BCUT2D eigenvalue weighted by molar-refractivity contribution is 0.0770. The molecule has 0 radical (unpaired) electrons. The van der Waals surface area contributed by atoms with E-state index < -0.39 is 0 Å². The van der Waals surface area contributed by atoms with E-state index in [1.54, 1.807) is 6.07 Å². The Bertz CT molecular complexity index is 509. The molecule has 1 saturated heterocycles. The molecule has 0 aliphatic carbocycles. The highest BCUT2D eigenvalue weighted by Gasteiger charge is 2.34. The summed E-state index contributed by atoms with van der Waals surface area (Å²) in [5, 5.41) is 0. The Morgan fingerprint density at radius 3 is 2.70 bits per heavy atom. The molecule has 1 aliphatic rings. The fourth-order valence-electron chi connectivity index (χ4n) is 2.56. The minimum atomic E-state index is -0.0428. The molecule has 2 heterocycles. The highest BCUT2D eigenvalue weighted by Crippen LogP contribution is 2.33. The minimum absolute atomic E-state index is 0.0428. The van der Waals surface area contributed by atoms with Gasteiger partial charge in [-0.3, -0.25) is 10.2 Å². The van der Waals surface area contributed by atoms with Crippen molar-refractivity contribution in [2.24, 2.45) is 17.2 Å². The van der Waals surface area contributed by atoms with Gasteiger partial charge >= 0.3 is 0 Å². The number of nitrogen functional groups attached to an aromatic ring is 1. The number of aryl methyl sites for hydroxylation is 1. The summed E-state index contributed by atoms with van der Waals surface area (Å²) in [4.78, 5) is 22.6. The van der Waals surface area contributed by atoms with Gasteiger partial charge in [0.15, 0.2) is 0 Å². The average Bonchev–Trinajstić information content (AvgIpc) is 2.86. The van der Waals surface area contributed by atoms with Crippen LogP contribution in [-0.4, -0.2) is 33.9 Å². The summed E-state index contributed by atoms with van der Waals surface area (Å²) < 4.78 is 0. The number of likely N-dealkylation sites (tertiary alicyclic amines) is 1. The molecule has 6 heteroatoms. The molecule has 0 aromatic carbocycles. The molecule has 6 nitrogen and oxygen atoms in total. The van der Waals surface area contributed by atoms with E-state index in [9.17, 15) is 4.79 Å². The lowest BCUT2D eigenvalue weighted by Gasteiger charge is -2.26. The molecule has 3 N–H and O–H groups in total. The number of aromatic nitrogens is 2. The molecule has 0 spiro atoms. The van der Waals surface area contributed by atoms with E-state index in [1.165, 1.54) is 0 Å². The van der Waals surface area contributed by atoms with Gasteiger partial charge in [0, 0.05) is 18.8 Å². The number of amides is 1. The molecule has 1 amide bonds. The van der Waals surface area contributed by atoms with E-state index in [2.05, 4.69) is 36.2 Å². The number of carbonyl (C=O) groups is 1. The Hall–Kier alpha value is -1.69. The Labute approximate surface area is 119 Å². The van der Waals surface area contributed by atoms with Crippen molar-refractivity contribution in [2.45, 2.75) is 34.1 Å². The number of rotatable bonds is 2. The molecule has 1 unspecified atom stereocenters. The van der Waals surface area contributed by atoms with Gasteiger partial charge in [0.1, 0.15) is 5.69 Å². The second-order valence-electron chi connectivity index (χ2n) is 6.47. The Kier molecular flexibility index (Phi) is 3.94. The van der Waals surface area contributed by atoms with Crippen molar-refractivity contribution in [2.75, 3.05) is 18.5 Å². The zero-order valence-corrected chi connectivity index (χ0v) is 12.6. The molecule has 2 rings (SSSR count). The summed E-state index contributed by atoms with van der Waals surface area (Å²) in [6.07, 6.45) is 1.04. The van der Waals surface area contributed by atoms with Crippen LogP contribution in [0.25, 0.3) is 0 Å². The molecule has 1 aliphatic heterocycles. The average molecular weight is 277 g/mol. The van der Waals surface area contributed by atoms with Crippen molar-refractivity contribution in [1.29, 1.82) is 0 Å². The molecule has 20 heavy (non-hydrogen) atoms. The van der Waals surface area contributed by atoms with Gasteiger partial charge in [-0.25, -0.2) is 15.8 Å². The van der Waals surface area contributed by atoms with Crippen LogP contribution in [0.5, 0.6) is 0 Å². The van der Waals surface area contributed by atoms with Gasteiger partial charge in [-0.15, -0.1) is 0 Å². The van der Waals surface area contributed by atoms with Crippen LogP contribution in [0, 0.1) is 18.3 Å². The van der Waals surface area contributed by atoms with E-state index in [1.807, 2.05) is 11.8 Å². The lowest BCUT2D eigenvalue weighted by atomic mass is 9.80. The van der Waals surface area contributed by atoms with E-state index in [4.69, 9.17) is 5.84 Å². The maximum Gasteiger partial charge on any atom is 0.272 e. The number of anilines is 1. The number of nitrogens with two attached hydrogens (primary N) is 1. The van der Waals surface area contributed by atoms with Gasteiger partial charge in [0.25, 0.3) is 5.91 Å². The summed E-state index contributed by atoms with van der Waals surface area (Å²) in [5.74, 6) is 6.08. The normalized spacial score (nSPS) is 19.2. The summed E-state index contributed by atoms with van der Waals surface area (Å²) in [7, 11) is 0. The Balaban J connectivity index is 2.15. The first-order valence-corrected chi connectivity index (χ1v) is 6.93. The zero-order chi connectivity index (χ0) is 14.9. The smallest absolute Gasteiger partial charge is 0.272 e. The van der Waals surface area contributed by atoms with Crippen molar-refractivity contribution >= 4 is 11.9 Å². The van der Waals surface area contributed by atoms with E-state index in [0.717, 1.165) is 25.2 Å². The fraction of sp³-hybridized carbons (Fsp3) is 0.643. The van der Waals surface area contributed by atoms with Gasteiger partial charge in [-0.05, 0) is 30.7 Å². The van der Waals surface area contributed by atoms with Gasteiger partial charge < -0.3 is 4.90 Å². The summed E-state index contributed by atoms with van der Waals surface area (Å²) in [6.45, 7) is 10.1. The molecule has 0 saturated carbocycles. The number of carbonyl (C=O) groups excluding carboxylic acids is 1. The van der Waals surface area contributed by atoms with Crippen LogP contribution in [0.2, 0.25) is 0 Å². The van der Waals surface area contributed by atoms with Gasteiger partial charge in [0.2, 0.25) is 5.95 Å². The molecular formula is C14H23N5O. The number of hydrogen-bond donors (Lipinski definition) is 2. The molecular weight excluding hydrogens is 254 g/mol. The standard InChI is InChI=1S/C14H23N5O/c1-9-7-11(17-13(16-9)18-15)12(20)19-6-5-10(8-19)14(2,3)4/h7,10H,5-6,8,15H2,1-4H3,(H,16,17,18). The first-order chi connectivity index (χ1) is 9.31. The predicted molar refractivity (Wildman–Crippen MR) is 78.0 cm³/mol. The lowest BCUT2D eigenvalue weighted by Crippen LogP contribution is -2.32. The SMILES string of the molecule is Cc1cc(C(=O)N2CCC(C(C)(C)C)C2)nc(NN)n1. The Morgan fingerprint density at radius 2 is 2.15 bits per heavy atom. The van der Waals surface area contributed by atoms with E-state index >= 15 is 0 Å². The van der Waals surface area contributed by atoms with Crippen molar-refractivity contribution in [1.82, 2.24) is 14.9 Å². The third-order valence-corrected chi connectivity index (χ3v) is 3.90. The quantitative estimate of drug-likeness (QED) is 0.633. The van der Waals surface area contributed by atoms with Gasteiger partial charge in [0.05, 0.1) is 0 Å². The number of hydrazine groups is 1. The third-order valence-electron chi connectivity index (χ3n) is 3.90. The van der Waals surface area contributed by atoms with Gasteiger partial charge in [-0.2, -0.15) is 0 Å². The van der Waals surface area contributed by atoms with Crippen molar-refractivity contribution in [3.8, 4) is 0 Å². The molecule has 110 valence electrons. The maximum atomic E-state index is 12.5. The number of nitrogens with zero attached hydrogens (tertiary/aromatic N) is 3. The second kappa shape index (κ2) is 5.36. The molecule has 1 aromatic heterocycles. The van der Waals surface area contributed by atoms with Crippen molar-refractivity contribution < 1.29 is 4.79 Å². The van der Waals surface area contributed by atoms with Crippen LogP contribution < -0.4 is 11.3 Å². The topological polar surface area (TPSA) is 84.1 Å². The minimum Gasteiger partial charge on any atom is -0.337 e. The number of nitrogens with one attached hydrogen (secondary N) is 1. The van der Waals surface area contributed by atoms with Crippen molar-refractivity contribution in [3.63, 3.8) is 0 Å². The van der Waals surface area contributed by atoms with Crippen LogP contribution >= 0.6 is 0 Å². The number of hydrogen-bond acceptors (Lipinski definition) is 5. The van der Waals surface area contributed by atoms with Crippen LogP contribution in [0.4, 0.5) is 5.95 Å². The van der Waals surface area contributed by atoms with Gasteiger partial charge in [-0.1, -0.05) is 20.8 Å². The second-order valence-corrected chi connectivity index (χ2v) is 6.47. The Morgan fingerprint density at radius 1 is 1.45 bits per heavy atom. The summed E-state index contributed by atoms with van der Waals surface area (Å²) >= 11 is 0. The van der Waals surface area contributed by atoms with Crippen LogP contribution in [0.3, 0.4) is 0 Å². The van der Waals surface area contributed by atoms with Crippen LogP contribution in [0.1, 0.15) is 43.4 Å². The predicted octanol–water partition coefficient (Wildman–Crippen LogP) is 1.58. The van der Waals surface area contributed by atoms with E-state index in [0.29, 0.717) is 11.6 Å².